The van der Waals surface area contributed by atoms with Gasteiger partial charge in [0.05, 0.1) is 21.8 Å². The van der Waals surface area contributed by atoms with E-state index in [1.54, 1.807) is 29.1 Å². The second-order valence-corrected chi connectivity index (χ2v) is 6.63. The van der Waals surface area contributed by atoms with Crippen LogP contribution < -0.4 is 11.1 Å². The van der Waals surface area contributed by atoms with Crippen LogP contribution in [0.2, 0.25) is 0 Å². The molecule has 0 spiro atoms. The van der Waals surface area contributed by atoms with Gasteiger partial charge in [0.1, 0.15) is 6.33 Å². The van der Waals surface area contributed by atoms with Crippen molar-refractivity contribution in [2.24, 2.45) is 0 Å². The van der Waals surface area contributed by atoms with Crippen LogP contribution in [0.4, 0.5) is 0 Å². The van der Waals surface area contributed by atoms with E-state index in [1.807, 2.05) is 20.2 Å². The zero-order chi connectivity index (χ0) is 19.0. The van der Waals surface area contributed by atoms with Crippen LogP contribution in [0.15, 0.2) is 46.5 Å². The van der Waals surface area contributed by atoms with Crippen molar-refractivity contribution >= 4 is 21.8 Å². The molecule has 4 aromatic heterocycles. The molecular weight excluding hydrogens is 346 g/mol. The molecule has 0 radical (unpaired) electrons. The summed E-state index contributed by atoms with van der Waals surface area (Å²) in [5.41, 5.74) is 0.664. The van der Waals surface area contributed by atoms with E-state index < -0.39 is 0 Å². The van der Waals surface area contributed by atoms with Crippen LogP contribution in [-0.4, -0.2) is 54.8 Å². The summed E-state index contributed by atoms with van der Waals surface area (Å²) >= 11 is 0. The first-order valence-electron chi connectivity index (χ1n) is 8.60. The van der Waals surface area contributed by atoms with Gasteiger partial charge < -0.3 is 9.47 Å². The maximum Gasteiger partial charge on any atom is 0.266 e. The number of fused-ring (bicyclic) bond motifs is 2. The minimum atomic E-state index is -0.305. The Bertz CT molecular complexity index is 1220. The second-order valence-electron chi connectivity index (χ2n) is 6.63. The summed E-state index contributed by atoms with van der Waals surface area (Å²) in [6.07, 6.45) is 5.54. The van der Waals surface area contributed by atoms with Crippen LogP contribution in [0, 0.1) is 0 Å². The van der Waals surface area contributed by atoms with Crippen LogP contribution in [0.5, 0.6) is 0 Å². The Morgan fingerprint density at radius 1 is 1.07 bits per heavy atom. The van der Waals surface area contributed by atoms with E-state index in [0.717, 1.165) is 13.0 Å². The molecule has 0 aliphatic heterocycles. The maximum absolute atomic E-state index is 12.8. The van der Waals surface area contributed by atoms with Crippen LogP contribution in [0.25, 0.3) is 27.8 Å². The second kappa shape index (κ2) is 6.76. The number of aromatic amines is 1. The molecular formula is C18H19N7O2. The fraction of sp³-hybridized carbons (Fsp3) is 0.278. The third kappa shape index (κ3) is 3.13. The summed E-state index contributed by atoms with van der Waals surface area (Å²) in [7, 11) is 4.00. The lowest BCUT2D eigenvalue weighted by Crippen LogP contribution is -2.23. The number of H-pyrrole nitrogens is 1. The van der Waals surface area contributed by atoms with Crippen LogP contribution >= 0.6 is 0 Å². The Kier molecular flexibility index (Phi) is 4.28. The molecule has 0 fully saturated rings. The highest BCUT2D eigenvalue weighted by Crippen LogP contribution is 2.15. The van der Waals surface area contributed by atoms with E-state index in [2.05, 4.69) is 25.1 Å². The van der Waals surface area contributed by atoms with Gasteiger partial charge in [-0.3, -0.25) is 14.2 Å². The molecule has 0 unspecified atom stereocenters. The highest BCUT2D eigenvalue weighted by molar-refractivity contribution is 5.91. The molecule has 0 atom stereocenters. The Morgan fingerprint density at radius 3 is 2.52 bits per heavy atom. The standard InChI is InChI=1S/C18H19N7O2/c1-23(2)6-3-7-24-8-4-14-12(16(24)26)10-13-15(21-14)5-9-25(17(13)27)18-19-11-20-22-18/h4-5,8-11H,3,6-7H2,1-2H3,(H,19,20,22). The average molecular weight is 365 g/mol. The smallest absolute Gasteiger partial charge is 0.266 e. The van der Waals surface area contributed by atoms with Gasteiger partial charge in [-0.1, -0.05) is 0 Å². The highest BCUT2D eigenvalue weighted by atomic mass is 16.1. The number of pyridine rings is 3. The minimum Gasteiger partial charge on any atom is -0.315 e. The van der Waals surface area contributed by atoms with Crippen LogP contribution in [-0.2, 0) is 6.54 Å². The van der Waals surface area contributed by atoms with Crippen molar-refractivity contribution < 1.29 is 0 Å². The van der Waals surface area contributed by atoms with Gasteiger partial charge in [0, 0.05) is 18.9 Å². The lowest BCUT2D eigenvalue weighted by Gasteiger charge is -2.11. The molecule has 0 aliphatic rings. The van der Waals surface area contributed by atoms with E-state index in [9.17, 15) is 9.59 Å². The lowest BCUT2D eigenvalue weighted by molar-refractivity contribution is 0.385. The van der Waals surface area contributed by atoms with E-state index in [4.69, 9.17) is 0 Å². The first kappa shape index (κ1) is 17.1. The van der Waals surface area contributed by atoms with Gasteiger partial charge in [-0.25, -0.2) is 10.1 Å². The molecule has 0 aromatic carbocycles. The molecule has 0 aliphatic carbocycles. The number of nitrogens with zero attached hydrogens (tertiary/aromatic N) is 6. The molecule has 4 rings (SSSR count). The van der Waals surface area contributed by atoms with Crippen LogP contribution in [0.1, 0.15) is 6.42 Å². The topological polar surface area (TPSA) is 102 Å². The zero-order valence-corrected chi connectivity index (χ0v) is 15.1. The first-order chi connectivity index (χ1) is 13.0. The molecule has 0 bridgehead atoms. The normalized spacial score (nSPS) is 11.7. The molecule has 0 amide bonds. The van der Waals surface area contributed by atoms with Gasteiger partial charge in [0.15, 0.2) is 0 Å². The van der Waals surface area contributed by atoms with Crippen molar-refractivity contribution in [2.45, 2.75) is 13.0 Å². The van der Waals surface area contributed by atoms with Gasteiger partial charge in [0.25, 0.3) is 11.1 Å². The quantitative estimate of drug-likeness (QED) is 0.524. The Hall–Kier alpha value is -3.33. The third-order valence-electron chi connectivity index (χ3n) is 4.45. The Balaban J connectivity index is 1.84. The van der Waals surface area contributed by atoms with Gasteiger partial charge in [0.2, 0.25) is 5.95 Å². The predicted molar refractivity (Wildman–Crippen MR) is 102 cm³/mol. The molecule has 9 nitrogen and oxygen atoms in total. The van der Waals surface area contributed by atoms with Crippen LogP contribution in [0.3, 0.4) is 0 Å². The van der Waals surface area contributed by atoms with Crippen molar-refractivity contribution in [3.05, 3.63) is 57.6 Å². The Labute approximate surface area is 153 Å². The van der Waals surface area contributed by atoms with Crippen molar-refractivity contribution in [3.63, 3.8) is 0 Å². The number of nitrogens with one attached hydrogen (secondary N) is 1. The molecule has 0 saturated carbocycles. The fourth-order valence-electron chi connectivity index (χ4n) is 3.08. The van der Waals surface area contributed by atoms with Gasteiger partial charge in [-0.2, -0.15) is 10.1 Å². The van der Waals surface area contributed by atoms with Crippen molar-refractivity contribution in [1.29, 1.82) is 0 Å². The van der Waals surface area contributed by atoms with E-state index in [0.29, 0.717) is 34.3 Å². The summed E-state index contributed by atoms with van der Waals surface area (Å²) in [4.78, 5) is 36.2. The largest absolute Gasteiger partial charge is 0.315 e. The molecule has 1 N–H and O–H groups in total. The van der Waals surface area contributed by atoms with Gasteiger partial charge in [-0.05, 0) is 45.3 Å². The molecule has 27 heavy (non-hydrogen) atoms. The molecule has 4 aromatic rings. The molecule has 9 heteroatoms. The fourth-order valence-corrected chi connectivity index (χ4v) is 3.08. The molecule has 138 valence electrons. The van der Waals surface area contributed by atoms with E-state index >= 15 is 0 Å². The molecule has 4 heterocycles. The summed E-state index contributed by atoms with van der Waals surface area (Å²) in [5, 5.41) is 7.23. The minimum absolute atomic E-state index is 0.143. The van der Waals surface area contributed by atoms with Crippen molar-refractivity contribution in [2.75, 3.05) is 20.6 Å². The van der Waals surface area contributed by atoms with Crippen molar-refractivity contribution in [3.8, 4) is 5.95 Å². The summed E-state index contributed by atoms with van der Waals surface area (Å²) in [6.45, 7) is 1.50. The zero-order valence-electron chi connectivity index (χ0n) is 15.1. The van der Waals surface area contributed by atoms with Crippen molar-refractivity contribution in [1.82, 2.24) is 34.2 Å². The summed E-state index contributed by atoms with van der Waals surface area (Å²) in [6, 6.07) is 5.16. The molecule has 0 saturated heterocycles. The average Bonchev–Trinajstić information content (AvgIpc) is 3.17. The Morgan fingerprint density at radius 2 is 1.81 bits per heavy atom. The monoisotopic (exact) mass is 365 g/mol. The summed E-state index contributed by atoms with van der Waals surface area (Å²) < 4.78 is 3.01. The number of hydrogen-bond donors (Lipinski definition) is 1. The maximum atomic E-state index is 12.8. The number of aromatic nitrogens is 6. The highest BCUT2D eigenvalue weighted by Gasteiger charge is 2.11. The lowest BCUT2D eigenvalue weighted by atomic mass is 10.2. The van der Waals surface area contributed by atoms with Gasteiger partial charge in [-0.15, -0.1) is 0 Å². The first-order valence-corrected chi connectivity index (χ1v) is 8.60. The SMILES string of the molecule is CN(C)CCCn1ccc2nc3ccn(-c4ncn[nH]4)c(=O)c3cc2c1=O. The predicted octanol–water partition coefficient (Wildman–Crippen LogP) is 0.770. The van der Waals surface area contributed by atoms with E-state index in [-0.39, 0.29) is 11.1 Å². The number of hydrogen-bond acceptors (Lipinski definition) is 6. The van der Waals surface area contributed by atoms with Gasteiger partial charge >= 0.3 is 0 Å². The third-order valence-corrected chi connectivity index (χ3v) is 4.45. The summed E-state index contributed by atoms with van der Waals surface area (Å²) in [5.74, 6) is 0.316. The van der Waals surface area contributed by atoms with E-state index in [1.165, 1.54) is 10.9 Å². The number of aryl methyl sites for hydroxylation is 1. The number of rotatable bonds is 5.